The van der Waals surface area contributed by atoms with E-state index in [0.717, 1.165) is 61.3 Å². The summed E-state index contributed by atoms with van der Waals surface area (Å²) >= 11 is 0. The highest BCUT2D eigenvalue weighted by atomic mass is 15.0. The van der Waals surface area contributed by atoms with Crippen LogP contribution in [0.2, 0.25) is 0 Å². The lowest BCUT2D eigenvalue weighted by Gasteiger charge is -2.22. The third kappa shape index (κ3) is 6.67. The van der Waals surface area contributed by atoms with E-state index in [9.17, 15) is 5.26 Å². The molecule has 1 aliphatic carbocycles. The Hall–Kier alpha value is -7.81. The van der Waals surface area contributed by atoms with Crippen molar-refractivity contribution in [1.29, 1.82) is 5.26 Å². The first-order chi connectivity index (χ1) is 28.9. The molecule has 2 aromatic heterocycles. The van der Waals surface area contributed by atoms with Crippen LogP contribution < -0.4 is 0 Å². The van der Waals surface area contributed by atoms with Gasteiger partial charge in [-0.05, 0) is 104 Å². The summed E-state index contributed by atoms with van der Waals surface area (Å²) in [4.78, 5) is 20.0. The Kier molecular flexibility index (Phi) is 8.81. The van der Waals surface area contributed by atoms with E-state index < -0.39 is 0 Å². The molecule has 0 atom stereocenters. The van der Waals surface area contributed by atoms with Crippen molar-refractivity contribution >= 4 is 0 Å². The maximum atomic E-state index is 9.58. The van der Waals surface area contributed by atoms with Crippen LogP contribution >= 0.6 is 0 Å². The van der Waals surface area contributed by atoms with Gasteiger partial charge in [0.25, 0.3) is 0 Å². The first-order valence-corrected chi connectivity index (χ1v) is 19.8. The largest absolute Gasteiger partial charge is 0.256 e. The van der Waals surface area contributed by atoms with Gasteiger partial charge in [0, 0.05) is 33.9 Å². The van der Waals surface area contributed by atoms with Gasteiger partial charge in [-0.15, -0.1) is 0 Å². The van der Waals surface area contributed by atoms with Crippen molar-refractivity contribution in [2.24, 2.45) is 0 Å². The summed E-state index contributed by atoms with van der Waals surface area (Å²) in [6, 6.07) is 65.2. The molecule has 2 heterocycles. The van der Waals surface area contributed by atoms with Crippen molar-refractivity contribution in [2.45, 2.75) is 19.3 Å². The molecule has 0 fully saturated rings. The summed E-state index contributed by atoms with van der Waals surface area (Å²) < 4.78 is 0. The summed E-state index contributed by atoms with van der Waals surface area (Å²) in [5, 5.41) is 9.58. The number of fused-ring (bicyclic) bond motifs is 3. The zero-order valence-corrected chi connectivity index (χ0v) is 32.6. The maximum Gasteiger partial charge on any atom is 0.164 e. The van der Waals surface area contributed by atoms with Gasteiger partial charge in [-0.25, -0.2) is 15.0 Å². The molecule has 0 saturated heterocycles. The molecule has 0 unspecified atom stereocenters. The molecule has 0 aliphatic heterocycles. The Balaban J connectivity index is 1.05. The summed E-state index contributed by atoms with van der Waals surface area (Å²) in [6.07, 6.45) is 1.82. The van der Waals surface area contributed by atoms with Crippen LogP contribution in [0.15, 0.2) is 188 Å². The van der Waals surface area contributed by atoms with Crippen LogP contribution in [-0.2, 0) is 5.41 Å². The number of pyridine rings is 1. The van der Waals surface area contributed by atoms with Gasteiger partial charge < -0.3 is 0 Å². The van der Waals surface area contributed by atoms with Crippen molar-refractivity contribution in [1.82, 2.24) is 19.9 Å². The normalized spacial score (nSPS) is 12.4. The van der Waals surface area contributed by atoms with Crippen LogP contribution in [0.3, 0.4) is 0 Å². The fraction of sp³-hybridized carbons (Fsp3) is 0.0556. The summed E-state index contributed by atoms with van der Waals surface area (Å²) in [6.45, 7) is 4.50. The number of aromatic nitrogens is 4. The van der Waals surface area contributed by atoms with Gasteiger partial charge in [0.15, 0.2) is 17.5 Å². The highest BCUT2D eigenvalue weighted by Crippen LogP contribution is 2.50. The summed E-state index contributed by atoms with van der Waals surface area (Å²) in [5.74, 6) is 1.80. The first kappa shape index (κ1) is 35.6. The third-order valence-corrected chi connectivity index (χ3v) is 11.4. The molecule has 5 nitrogen and oxygen atoms in total. The lowest BCUT2D eigenvalue weighted by atomic mass is 9.81. The highest BCUT2D eigenvalue weighted by Gasteiger charge is 2.35. The Morgan fingerprint density at radius 3 is 1.47 bits per heavy atom. The van der Waals surface area contributed by atoms with E-state index in [2.05, 4.69) is 135 Å². The van der Waals surface area contributed by atoms with Crippen LogP contribution in [0.5, 0.6) is 0 Å². The predicted molar refractivity (Wildman–Crippen MR) is 238 cm³/mol. The fourth-order valence-corrected chi connectivity index (χ4v) is 8.24. The molecule has 1 aliphatic rings. The van der Waals surface area contributed by atoms with Gasteiger partial charge in [-0.3, -0.25) is 4.98 Å². The lowest BCUT2D eigenvalue weighted by molar-refractivity contribution is 0.660. The third-order valence-electron chi connectivity index (χ3n) is 11.4. The maximum absolute atomic E-state index is 9.58. The monoisotopic (exact) mass is 755 g/mol. The summed E-state index contributed by atoms with van der Waals surface area (Å²) in [5.41, 5.74) is 16.6. The Labute approximate surface area is 344 Å². The van der Waals surface area contributed by atoms with Gasteiger partial charge in [0.05, 0.1) is 17.3 Å². The van der Waals surface area contributed by atoms with Crippen molar-refractivity contribution in [2.75, 3.05) is 0 Å². The fourth-order valence-electron chi connectivity index (χ4n) is 8.24. The van der Waals surface area contributed by atoms with E-state index >= 15 is 0 Å². The zero-order valence-electron chi connectivity index (χ0n) is 32.6. The topological polar surface area (TPSA) is 75.3 Å². The second-order valence-electron chi connectivity index (χ2n) is 15.5. The molecule has 59 heavy (non-hydrogen) atoms. The average Bonchev–Trinajstić information content (AvgIpc) is 3.54. The molecule has 0 radical (unpaired) electrons. The second-order valence-corrected chi connectivity index (χ2v) is 15.5. The smallest absolute Gasteiger partial charge is 0.164 e. The Bertz CT molecular complexity index is 3040. The van der Waals surface area contributed by atoms with Crippen molar-refractivity contribution in [3.8, 4) is 96.0 Å². The summed E-state index contributed by atoms with van der Waals surface area (Å²) in [7, 11) is 0. The number of nitrogens with zero attached hydrogens (tertiary/aromatic N) is 5. The van der Waals surface area contributed by atoms with E-state index in [1.54, 1.807) is 0 Å². The van der Waals surface area contributed by atoms with E-state index in [1.807, 2.05) is 72.9 Å². The molecule has 278 valence electrons. The Morgan fingerprint density at radius 1 is 0.390 bits per heavy atom. The molecule has 0 saturated carbocycles. The van der Waals surface area contributed by atoms with Crippen LogP contribution in [0, 0.1) is 11.3 Å². The molecular formula is C54H37N5. The average molecular weight is 756 g/mol. The minimum atomic E-state index is -0.212. The quantitative estimate of drug-likeness (QED) is 0.162. The van der Waals surface area contributed by atoms with Crippen LogP contribution in [0.25, 0.3) is 89.9 Å². The number of hydrogen-bond acceptors (Lipinski definition) is 5. The number of hydrogen-bond donors (Lipinski definition) is 0. The molecule has 10 rings (SSSR count). The zero-order chi connectivity index (χ0) is 39.9. The minimum Gasteiger partial charge on any atom is -0.256 e. The molecule has 7 aromatic carbocycles. The van der Waals surface area contributed by atoms with Crippen LogP contribution in [0.1, 0.15) is 30.5 Å². The predicted octanol–water partition coefficient (Wildman–Crippen LogP) is 13.1. The molecule has 0 amide bonds. The molecular weight excluding hydrogens is 719 g/mol. The highest BCUT2D eigenvalue weighted by molar-refractivity contribution is 5.85. The molecule has 0 bridgehead atoms. The molecule has 5 heteroatoms. The lowest BCUT2D eigenvalue weighted by Crippen LogP contribution is -2.15. The van der Waals surface area contributed by atoms with Crippen molar-refractivity contribution in [3.63, 3.8) is 0 Å². The van der Waals surface area contributed by atoms with Gasteiger partial charge in [-0.2, -0.15) is 5.26 Å². The Morgan fingerprint density at radius 2 is 0.847 bits per heavy atom. The SMILES string of the molecule is CC1(C)c2cc(C#N)ccc2-c2ccc(-c3ccc(-c4cc(-c5ccccn5)cc(-c5nc(-c6ccccc6)nc(-c6ccc(-c7ccccc7)cc6)n5)c4)cc3)cc21. The molecule has 0 N–H and O–H groups in total. The van der Waals surface area contributed by atoms with Crippen LogP contribution in [0.4, 0.5) is 0 Å². The van der Waals surface area contributed by atoms with E-state index in [4.69, 9.17) is 19.9 Å². The van der Waals surface area contributed by atoms with Gasteiger partial charge >= 0.3 is 0 Å². The number of rotatable bonds is 7. The standard InChI is InChI=1S/C54H37N5/c1-54(2)48-29-35(34-55)16-26-46(48)47-27-25-42(33-49(47)54)38-17-19-39(20-18-38)43-30-44(50-15-9-10-28-56-50)32-45(31-43)53-58-51(40-13-7-4-8-14-40)57-52(59-53)41-23-21-37(22-24-41)36-11-5-3-6-12-36/h3-33H,1-2H3. The van der Waals surface area contributed by atoms with Gasteiger partial charge in [0.2, 0.25) is 0 Å². The number of benzene rings is 7. The van der Waals surface area contributed by atoms with Crippen molar-refractivity contribution < 1.29 is 0 Å². The van der Waals surface area contributed by atoms with Crippen LogP contribution in [-0.4, -0.2) is 19.9 Å². The first-order valence-electron chi connectivity index (χ1n) is 19.8. The minimum absolute atomic E-state index is 0.212. The second kappa shape index (κ2) is 14.6. The molecule has 9 aromatic rings. The number of nitriles is 1. The van der Waals surface area contributed by atoms with Crippen molar-refractivity contribution in [3.05, 3.63) is 205 Å². The van der Waals surface area contributed by atoms with E-state index in [0.29, 0.717) is 23.0 Å². The molecule has 0 spiro atoms. The van der Waals surface area contributed by atoms with E-state index in [1.165, 1.54) is 22.3 Å². The van der Waals surface area contributed by atoms with E-state index in [-0.39, 0.29) is 5.41 Å². The van der Waals surface area contributed by atoms with Gasteiger partial charge in [-0.1, -0.05) is 147 Å². The van der Waals surface area contributed by atoms with Gasteiger partial charge in [0.1, 0.15) is 0 Å².